The van der Waals surface area contributed by atoms with E-state index in [1.165, 1.54) is 5.57 Å². The third-order valence-electron chi connectivity index (χ3n) is 3.35. The molecule has 2 heteroatoms. The lowest BCUT2D eigenvalue weighted by Crippen LogP contribution is -2.30. The van der Waals surface area contributed by atoms with Gasteiger partial charge in [-0.2, -0.15) is 0 Å². The topological polar surface area (TPSA) is 26.3 Å². The lowest BCUT2D eigenvalue weighted by atomic mass is 9.72. The zero-order valence-electron chi connectivity index (χ0n) is 11.1. The van der Waals surface area contributed by atoms with E-state index in [2.05, 4.69) is 32.3 Å². The predicted octanol–water partition coefficient (Wildman–Crippen LogP) is 3.24. The third kappa shape index (κ3) is 3.00. The highest BCUT2D eigenvalue weighted by Crippen LogP contribution is 2.41. The summed E-state index contributed by atoms with van der Waals surface area (Å²) in [4.78, 5) is 11.4. The highest BCUT2D eigenvalue weighted by atomic mass is 16.5. The van der Waals surface area contributed by atoms with Gasteiger partial charge in [0.2, 0.25) is 0 Å². The molecule has 1 aliphatic rings. The third-order valence-corrected chi connectivity index (χ3v) is 3.35. The molecular formula is C15H20O2. The highest BCUT2D eigenvalue weighted by molar-refractivity contribution is 5.88. The van der Waals surface area contributed by atoms with Crippen LogP contribution in [0.15, 0.2) is 23.8 Å². The first kappa shape index (κ1) is 13.6. The summed E-state index contributed by atoms with van der Waals surface area (Å²) >= 11 is 0. The molecule has 0 amide bonds. The van der Waals surface area contributed by atoms with E-state index in [1.807, 2.05) is 13.0 Å². The Balaban J connectivity index is 2.94. The minimum Gasteiger partial charge on any atom is -0.448 e. The lowest BCUT2D eigenvalue weighted by Gasteiger charge is -2.36. The van der Waals surface area contributed by atoms with Crippen LogP contribution >= 0.6 is 0 Å². The fourth-order valence-corrected chi connectivity index (χ4v) is 2.40. The van der Waals surface area contributed by atoms with Crippen LogP contribution in [0.5, 0.6) is 0 Å². The second kappa shape index (κ2) is 5.23. The Bertz CT molecular complexity index is 416. The fourth-order valence-electron chi connectivity index (χ4n) is 2.40. The summed E-state index contributed by atoms with van der Waals surface area (Å²) in [5, 5.41) is 0. The molecule has 0 bridgehead atoms. The second-order valence-electron chi connectivity index (χ2n) is 4.99. The molecule has 0 spiro atoms. The SMILES string of the molecule is C=CC1=C(C)C(OC(=O)C#CC)CCC1(C)C. The van der Waals surface area contributed by atoms with E-state index >= 15 is 0 Å². The first-order chi connectivity index (χ1) is 7.92. The van der Waals surface area contributed by atoms with Crippen LogP contribution in [0.25, 0.3) is 0 Å². The molecule has 0 radical (unpaired) electrons. The summed E-state index contributed by atoms with van der Waals surface area (Å²) in [7, 11) is 0. The quantitative estimate of drug-likeness (QED) is 0.415. The summed E-state index contributed by atoms with van der Waals surface area (Å²) in [6.45, 7) is 11.9. The van der Waals surface area contributed by atoms with Gasteiger partial charge in [-0.05, 0) is 43.3 Å². The molecule has 1 atom stereocenters. The van der Waals surface area contributed by atoms with Gasteiger partial charge >= 0.3 is 5.97 Å². The smallest absolute Gasteiger partial charge is 0.384 e. The first-order valence-electron chi connectivity index (χ1n) is 5.89. The molecule has 1 unspecified atom stereocenters. The van der Waals surface area contributed by atoms with E-state index in [0.717, 1.165) is 18.4 Å². The monoisotopic (exact) mass is 232 g/mol. The summed E-state index contributed by atoms with van der Waals surface area (Å²) in [5.41, 5.74) is 2.40. The molecule has 0 aromatic heterocycles. The number of rotatable bonds is 2. The van der Waals surface area contributed by atoms with Crippen molar-refractivity contribution in [3.63, 3.8) is 0 Å². The van der Waals surface area contributed by atoms with Crippen molar-refractivity contribution in [1.29, 1.82) is 0 Å². The van der Waals surface area contributed by atoms with Crippen LogP contribution in [0.4, 0.5) is 0 Å². The van der Waals surface area contributed by atoms with Crippen molar-refractivity contribution in [3.8, 4) is 11.8 Å². The number of hydrogen-bond donors (Lipinski definition) is 0. The van der Waals surface area contributed by atoms with Crippen molar-refractivity contribution in [3.05, 3.63) is 23.8 Å². The Hall–Kier alpha value is -1.49. The maximum Gasteiger partial charge on any atom is 0.384 e. The fraction of sp³-hybridized carbons (Fsp3) is 0.533. The molecule has 0 aliphatic heterocycles. The van der Waals surface area contributed by atoms with Crippen molar-refractivity contribution in [2.75, 3.05) is 0 Å². The zero-order chi connectivity index (χ0) is 13.1. The molecule has 0 N–H and O–H groups in total. The van der Waals surface area contributed by atoms with Gasteiger partial charge in [-0.15, -0.1) is 0 Å². The maximum absolute atomic E-state index is 11.4. The standard InChI is InChI=1S/C15H20O2/c1-6-8-14(16)17-13-9-10-15(4,5)12(7-2)11(13)3/h7,13H,2,9-10H2,1,3-5H3. The normalized spacial score (nSPS) is 22.5. The Morgan fingerprint density at radius 2 is 2.24 bits per heavy atom. The van der Waals surface area contributed by atoms with Gasteiger partial charge in [-0.3, -0.25) is 0 Å². The summed E-state index contributed by atoms with van der Waals surface area (Å²) in [6.07, 6.45) is 3.57. The molecule has 92 valence electrons. The summed E-state index contributed by atoms with van der Waals surface area (Å²) in [6, 6.07) is 0. The van der Waals surface area contributed by atoms with Crippen LogP contribution in [0.1, 0.15) is 40.5 Å². The molecule has 1 aliphatic carbocycles. The Morgan fingerprint density at radius 1 is 1.59 bits per heavy atom. The van der Waals surface area contributed by atoms with Crippen LogP contribution < -0.4 is 0 Å². The molecule has 0 aromatic rings. The Morgan fingerprint density at radius 3 is 2.76 bits per heavy atom. The zero-order valence-corrected chi connectivity index (χ0v) is 11.1. The van der Waals surface area contributed by atoms with Gasteiger partial charge in [0.15, 0.2) is 0 Å². The molecule has 0 saturated heterocycles. The predicted molar refractivity (Wildman–Crippen MR) is 69.2 cm³/mol. The lowest BCUT2D eigenvalue weighted by molar-refractivity contribution is -0.141. The number of allylic oxidation sites excluding steroid dienone is 2. The van der Waals surface area contributed by atoms with Crippen molar-refractivity contribution < 1.29 is 9.53 Å². The summed E-state index contributed by atoms with van der Waals surface area (Å²) < 4.78 is 5.35. The minimum atomic E-state index is -0.444. The van der Waals surface area contributed by atoms with Crippen LogP contribution in [0.3, 0.4) is 0 Å². The highest BCUT2D eigenvalue weighted by Gasteiger charge is 2.33. The van der Waals surface area contributed by atoms with E-state index in [4.69, 9.17) is 4.74 Å². The van der Waals surface area contributed by atoms with Crippen LogP contribution in [-0.2, 0) is 9.53 Å². The van der Waals surface area contributed by atoms with Gasteiger partial charge in [0, 0.05) is 5.92 Å². The van der Waals surface area contributed by atoms with E-state index in [9.17, 15) is 4.79 Å². The van der Waals surface area contributed by atoms with Gasteiger partial charge < -0.3 is 4.74 Å². The molecule has 0 saturated carbocycles. The number of carbonyl (C=O) groups is 1. The van der Waals surface area contributed by atoms with Crippen LogP contribution in [0.2, 0.25) is 0 Å². The van der Waals surface area contributed by atoms with Gasteiger partial charge in [0.25, 0.3) is 0 Å². The molecule has 2 nitrogen and oxygen atoms in total. The first-order valence-corrected chi connectivity index (χ1v) is 5.89. The molecule has 1 rings (SSSR count). The molecular weight excluding hydrogens is 212 g/mol. The number of carbonyl (C=O) groups excluding carboxylic acids is 1. The molecule has 0 aromatic carbocycles. The van der Waals surface area contributed by atoms with Crippen molar-refractivity contribution in [2.45, 2.75) is 46.6 Å². The Labute approximate surface area is 104 Å². The average molecular weight is 232 g/mol. The number of ether oxygens (including phenoxy) is 1. The maximum atomic E-state index is 11.4. The molecule has 0 heterocycles. The number of esters is 1. The minimum absolute atomic E-state index is 0.116. The van der Waals surface area contributed by atoms with Gasteiger partial charge in [0.05, 0.1) is 0 Å². The second-order valence-corrected chi connectivity index (χ2v) is 4.99. The van der Waals surface area contributed by atoms with E-state index < -0.39 is 5.97 Å². The number of hydrogen-bond acceptors (Lipinski definition) is 2. The Kier molecular flexibility index (Phi) is 4.17. The van der Waals surface area contributed by atoms with Gasteiger partial charge in [-0.1, -0.05) is 32.4 Å². The van der Waals surface area contributed by atoms with Crippen molar-refractivity contribution in [1.82, 2.24) is 0 Å². The molecule has 17 heavy (non-hydrogen) atoms. The van der Waals surface area contributed by atoms with E-state index in [0.29, 0.717) is 0 Å². The van der Waals surface area contributed by atoms with Crippen LogP contribution in [0, 0.1) is 17.3 Å². The largest absolute Gasteiger partial charge is 0.448 e. The van der Waals surface area contributed by atoms with Gasteiger partial charge in [0.1, 0.15) is 6.10 Å². The molecule has 0 fully saturated rings. The van der Waals surface area contributed by atoms with E-state index in [-0.39, 0.29) is 11.5 Å². The van der Waals surface area contributed by atoms with E-state index in [1.54, 1.807) is 6.92 Å². The van der Waals surface area contributed by atoms with Crippen molar-refractivity contribution in [2.24, 2.45) is 5.41 Å². The summed E-state index contributed by atoms with van der Waals surface area (Å²) in [5.74, 6) is 4.52. The van der Waals surface area contributed by atoms with Crippen molar-refractivity contribution >= 4 is 5.97 Å². The van der Waals surface area contributed by atoms with Crippen LogP contribution in [-0.4, -0.2) is 12.1 Å². The average Bonchev–Trinajstić information content (AvgIpc) is 2.23. The van der Waals surface area contributed by atoms with Gasteiger partial charge in [-0.25, -0.2) is 4.79 Å².